The number of carbonyl (C=O) groups is 2. The van der Waals surface area contributed by atoms with E-state index in [9.17, 15) is 19.1 Å². The van der Waals surface area contributed by atoms with Crippen molar-refractivity contribution in [1.82, 2.24) is 5.43 Å². The second-order valence-corrected chi connectivity index (χ2v) is 4.56. The fourth-order valence-electron chi connectivity index (χ4n) is 2.07. The molecule has 0 saturated heterocycles. The van der Waals surface area contributed by atoms with Crippen molar-refractivity contribution in [2.24, 2.45) is 5.10 Å². The van der Waals surface area contributed by atoms with Crippen LogP contribution < -0.4 is 10.7 Å². The van der Waals surface area contributed by atoms with Crippen LogP contribution in [0.4, 0.5) is 10.1 Å². The van der Waals surface area contributed by atoms with Crippen LogP contribution in [-0.4, -0.2) is 22.6 Å². The van der Waals surface area contributed by atoms with E-state index in [2.05, 4.69) is 15.8 Å². The Bertz CT molecular complexity index is 817. The summed E-state index contributed by atoms with van der Waals surface area (Å²) in [5.41, 5.74) is 2.78. The zero-order valence-corrected chi connectivity index (χ0v) is 11.1. The molecule has 2 aromatic rings. The van der Waals surface area contributed by atoms with Crippen LogP contribution in [0.25, 0.3) is 0 Å². The predicted octanol–water partition coefficient (Wildman–Crippen LogP) is 1.62. The van der Waals surface area contributed by atoms with E-state index in [4.69, 9.17) is 0 Å². The molecule has 0 atom stereocenters. The number of hydrogen-bond acceptors (Lipinski definition) is 4. The number of aromatic hydroxyl groups is 1. The number of halogens is 1. The van der Waals surface area contributed by atoms with Crippen LogP contribution >= 0.6 is 0 Å². The Morgan fingerprint density at radius 1 is 1.23 bits per heavy atom. The maximum absolute atomic E-state index is 13.3. The SMILES string of the molecule is O=C1Nc2ccc(F)cc2/C1=N\NC(=O)c1ccccc1O. The minimum absolute atomic E-state index is 0.0183. The van der Waals surface area contributed by atoms with Crippen LogP contribution in [0.5, 0.6) is 5.75 Å². The number of benzene rings is 2. The zero-order chi connectivity index (χ0) is 15.7. The van der Waals surface area contributed by atoms with E-state index in [1.807, 2.05) is 0 Å². The molecule has 0 unspecified atom stereocenters. The van der Waals surface area contributed by atoms with Gasteiger partial charge in [0.05, 0.1) is 11.3 Å². The quantitative estimate of drug-likeness (QED) is 0.736. The molecule has 2 amide bonds. The highest BCUT2D eigenvalue weighted by atomic mass is 19.1. The van der Waals surface area contributed by atoms with Gasteiger partial charge in [0.1, 0.15) is 11.6 Å². The topological polar surface area (TPSA) is 90.8 Å². The van der Waals surface area contributed by atoms with E-state index in [1.54, 1.807) is 12.1 Å². The lowest BCUT2D eigenvalue weighted by atomic mass is 10.1. The second kappa shape index (κ2) is 5.28. The van der Waals surface area contributed by atoms with E-state index >= 15 is 0 Å². The van der Waals surface area contributed by atoms with Gasteiger partial charge in [0.25, 0.3) is 11.8 Å². The lowest BCUT2D eigenvalue weighted by Gasteiger charge is -2.03. The number of anilines is 1. The first-order chi connectivity index (χ1) is 10.6. The molecule has 3 N–H and O–H groups in total. The third kappa shape index (κ3) is 2.39. The molecule has 110 valence electrons. The Kier molecular flexibility index (Phi) is 3.30. The van der Waals surface area contributed by atoms with Crippen molar-refractivity contribution in [2.45, 2.75) is 0 Å². The molecule has 0 spiro atoms. The van der Waals surface area contributed by atoms with Gasteiger partial charge < -0.3 is 10.4 Å². The fourth-order valence-corrected chi connectivity index (χ4v) is 2.07. The molecule has 0 saturated carbocycles. The summed E-state index contributed by atoms with van der Waals surface area (Å²) in [6.45, 7) is 0. The third-order valence-corrected chi connectivity index (χ3v) is 3.12. The number of para-hydroxylation sites is 1. The molecule has 0 bridgehead atoms. The number of hydrazone groups is 1. The molecule has 1 heterocycles. The van der Waals surface area contributed by atoms with Gasteiger partial charge in [-0.05, 0) is 30.3 Å². The van der Waals surface area contributed by atoms with Gasteiger partial charge in [0, 0.05) is 5.56 Å². The number of nitrogens with zero attached hydrogens (tertiary/aromatic N) is 1. The van der Waals surface area contributed by atoms with Crippen LogP contribution in [0.3, 0.4) is 0 Å². The minimum Gasteiger partial charge on any atom is -0.507 e. The normalized spacial score (nSPS) is 14.6. The first kappa shape index (κ1) is 13.7. The molecule has 1 aliphatic heterocycles. The number of carbonyl (C=O) groups excluding carboxylic acids is 2. The van der Waals surface area contributed by atoms with Crippen molar-refractivity contribution in [3.63, 3.8) is 0 Å². The molecule has 6 nitrogen and oxygen atoms in total. The standard InChI is InChI=1S/C15H10FN3O3/c16-8-5-6-11-10(7-8)13(15(22)17-11)18-19-14(21)9-3-1-2-4-12(9)20/h1-7,20H,(H,19,21)(H,17,18,22). The maximum atomic E-state index is 13.3. The summed E-state index contributed by atoms with van der Waals surface area (Å²) in [4.78, 5) is 23.7. The van der Waals surface area contributed by atoms with Gasteiger partial charge in [-0.3, -0.25) is 9.59 Å². The van der Waals surface area contributed by atoms with E-state index in [0.717, 1.165) is 6.07 Å². The molecule has 7 heteroatoms. The summed E-state index contributed by atoms with van der Waals surface area (Å²) in [5.74, 6) is -1.95. The molecular formula is C15H10FN3O3. The van der Waals surface area contributed by atoms with E-state index in [-0.39, 0.29) is 22.6 Å². The maximum Gasteiger partial charge on any atom is 0.276 e. The summed E-state index contributed by atoms with van der Waals surface area (Å²) < 4.78 is 13.3. The molecular weight excluding hydrogens is 289 g/mol. The third-order valence-electron chi connectivity index (χ3n) is 3.12. The molecule has 3 rings (SSSR count). The second-order valence-electron chi connectivity index (χ2n) is 4.56. The molecule has 0 fully saturated rings. The summed E-state index contributed by atoms with van der Waals surface area (Å²) in [6, 6.07) is 9.69. The molecule has 1 aliphatic rings. The Balaban J connectivity index is 1.88. The first-order valence-corrected chi connectivity index (χ1v) is 6.33. The van der Waals surface area contributed by atoms with Crippen LogP contribution in [0.1, 0.15) is 15.9 Å². The number of phenolic OH excluding ortho intramolecular Hbond substituents is 1. The molecule has 0 aromatic heterocycles. The number of rotatable bonds is 2. The van der Waals surface area contributed by atoms with Crippen molar-refractivity contribution in [3.05, 3.63) is 59.4 Å². The summed E-state index contributed by atoms with van der Waals surface area (Å²) in [5, 5.41) is 15.8. The van der Waals surface area contributed by atoms with Gasteiger partial charge >= 0.3 is 0 Å². The van der Waals surface area contributed by atoms with Gasteiger partial charge in [-0.1, -0.05) is 12.1 Å². The first-order valence-electron chi connectivity index (χ1n) is 6.33. The Morgan fingerprint density at radius 3 is 2.77 bits per heavy atom. The number of phenols is 1. The van der Waals surface area contributed by atoms with Gasteiger partial charge in [0.15, 0.2) is 5.71 Å². The summed E-state index contributed by atoms with van der Waals surface area (Å²) >= 11 is 0. The molecule has 0 radical (unpaired) electrons. The predicted molar refractivity (Wildman–Crippen MR) is 77.1 cm³/mol. The van der Waals surface area contributed by atoms with E-state index in [0.29, 0.717) is 5.69 Å². The molecule has 2 aromatic carbocycles. The molecule has 0 aliphatic carbocycles. The number of amides is 2. The highest BCUT2D eigenvalue weighted by Gasteiger charge is 2.27. The van der Waals surface area contributed by atoms with Crippen LogP contribution in [0, 0.1) is 5.82 Å². The largest absolute Gasteiger partial charge is 0.507 e. The highest BCUT2D eigenvalue weighted by Crippen LogP contribution is 2.24. The number of nitrogens with one attached hydrogen (secondary N) is 2. The lowest BCUT2D eigenvalue weighted by Crippen LogP contribution is -2.23. The van der Waals surface area contributed by atoms with Gasteiger partial charge in [-0.2, -0.15) is 5.10 Å². The zero-order valence-electron chi connectivity index (χ0n) is 11.1. The Hall–Kier alpha value is -3.22. The summed E-state index contributed by atoms with van der Waals surface area (Å²) in [7, 11) is 0. The number of hydrogen-bond donors (Lipinski definition) is 3. The van der Waals surface area contributed by atoms with Crippen molar-refractivity contribution < 1.29 is 19.1 Å². The van der Waals surface area contributed by atoms with E-state index in [1.165, 1.54) is 24.3 Å². The van der Waals surface area contributed by atoms with Crippen molar-refractivity contribution in [2.75, 3.05) is 5.32 Å². The Labute approximate surface area is 124 Å². The smallest absolute Gasteiger partial charge is 0.276 e. The monoisotopic (exact) mass is 299 g/mol. The Morgan fingerprint density at radius 2 is 2.00 bits per heavy atom. The van der Waals surface area contributed by atoms with Gasteiger partial charge in [0.2, 0.25) is 0 Å². The van der Waals surface area contributed by atoms with Crippen LogP contribution in [-0.2, 0) is 4.79 Å². The average molecular weight is 299 g/mol. The lowest BCUT2D eigenvalue weighted by molar-refractivity contribution is -0.110. The number of fused-ring (bicyclic) bond motifs is 1. The highest BCUT2D eigenvalue weighted by molar-refractivity contribution is 6.53. The van der Waals surface area contributed by atoms with E-state index < -0.39 is 17.6 Å². The average Bonchev–Trinajstić information content (AvgIpc) is 2.80. The minimum atomic E-state index is -0.678. The summed E-state index contributed by atoms with van der Waals surface area (Å²) in [6.07, 6.45) is 0. The van der Waals surface area contributed by atoms with Crippen molar-refractivity contribution in [3.8, 4) is 5.75 Å². The van der Waals surface area contributed by atoms with Crippen LogP contribution in [0.15, 0.2) is 47.6 Å². The van der Waals surface area contributed by atoms with Crippen LogP contribution in [0.2, 0.25) is 0 Å². The van der Waals surface area contributed by atoms with Crippen molar-refractivity contribution in [1.29, 1.82) is 0 Å². The molecule has 22 heavy (non-hydrogen) atoms. The van der Waals surface area contributed by atoms with Gasteiger partial charge in [-0.15, -0.1) is 0 Å². The fraction of sp³-hybridized carbons (Fsp3) is 0. The van der Waals surface area contributed by atoms with Crippen molar-refractivity contribution >= 4 is 23.2 Å². The van der Waals surface area contributed by atoms with Gasteiger partial charge in [-0.25, -0.2) is 9.82 Å².